The van der Waals surface area contributed by atoms with E-state index in [2.05, 4.69) is 0 Å². The fraction of sp³-hybridized carbons (Fsp3) is 0.500. The van der Waals surface area contributed by atoms with Gasteiger partial charge in [-0.05, 0) is 25.0 Å². The quantitative estimate of drug-likeness (QED) is 0.470. The largest absolute Gasteiger partial charge is 0.472 e. The summed E-state index contributed by atoms with van der Waals surface area (Å²) in [6, 6.07) is 3.05. The monoisotopic (exact) mass is 486 g/mol. The van der Waals surface area contributed by atoms with E-state index < -0.39 is 64.7 Å². The molecule has 0 spiro atoms. The Morgan fingerprint density at radius 1 is 1.09 bits per heavy atom. The number of hydrogen-bond acceptors (Lipinski definition) is 11. The number of hydrogen-bond donors (Lipinski definition) is 2. The normalized spacial score (nSPS) is 36.5. The third kappa shape index (κ3) is 3.57. The smallest absolute Gasteiger partial charge is 0.342 e. The summed E-state index contributed by atoms with van der Waals surface area (Å²) in [4.78, 5) is 52.4. The van der Waals surface area contributed by atoms with Crippen molar-refractivity contribution in [3.63, 3.8) is 0 Å². The Morgan fingerprint density at radius 2 is 1.83 bits per heavy atom. The molecule has 0 aromatic carbocycles. The number of carbonyl (C=O) groups is 4. The summed E-state index contributed by atoms with van der Waals surface area (Å²) in [5, 5.41) is 0. The van der Waals surface area contributed by atoms with Crippen LogP contribution in [0.4, 0.5) is 0 Å². The molecule has 2 aromatic rings. The van der Waals surface area contributed by atoms with Gasteiger partial charge in [0.25, 0.3) is 0 Å². The van der Waals surface area contributed by atoms with Crippen LogP contribution in [0.3, 0.4) is 0 Å². The van der Waals surface area contributed by atoms with Gasteiger partial charge in [-0.1, -0.05) is 0 Å². The highest BCUT2D eigenvalue weighted by Gasteiger charge is 2.69. The first-order valence-corrected chi connectivity index (χ1v) is 11.3. The van der Waals surface area contributed by atoms with E-state index in [0.717, 1.165) is 0 Å². The molecule has 0 bridgehead atoms. The fourth-order valence-corrected chi connectivity index (χ4v) is 6.12. The predicted octanol–water partition coefficient (Wildman–Crippen LogP) is 1.27. The molecule has 0 unspecified atom stereocenters. The van der Waals surface area contributed by atoms with Crippen LogP contribution < -0.4 is 11.5 Å². The number of ketones is 1. The highest BCUT2D eigenvalue weighted by atomic mass is 16.6. The number of ether oxygens (including phenoxy) is 3. The van der Waals surface area contributed by atoms with Gasteiger partial charge in [-0.25, -0.2) is 4.79 Å². The summed E-state index contributed by atoms with van der Waals surface area (Å²) >= 11 is 0. The molecule has 0 amide bonds. The Labute approximate surface area is 200 Å². The standard InChI is InChI=1S/C24H26N2O9/c1-31-21(29)15-8-16(34-20(28)13-4-7-33-11-13)18(27)19-23(15,25)5-2-14-22(30)35-17(9-24(14,19)26)12-3-6-32-10-12/h3-4,6-7,10-11,14-17,19H,2,5,8-9,25-26H2,1H3/t14-,15-,16-,17-,19-,23+,24+/m0/s1. The van der Waals surface area contributed by atoms with Crippen molar-refractivity contribution in [2.75, 3.05) is 7.11 Å². The molecule has 5 rings (SSSR count). The Balaban J connectivity index is 1.55. The summed E-state index contributed by atoms with van der Waals surface area (Å²) in [5.41, 5.74) is 11.6. The van der Waals surface area contributed by atoms with Gasteiger partial charge < -0.3 is 34.5 Å². The van der Waals surface area contributed by atoms with E-state index in [0.29, 0.717) is 5.56 Å². The van der Waals surface area contributed by atoms with Gasteiger partial charge in [-0.2, -0.15) is 0 Å². The van der Waals surface area contributed by atoms with Crippen molar-refractivity contribution in [3.05, 3.63) is 48.3 Å². The van der Waals surface area contributed by atoms with Gasteiger partial charge >= 0.3 is 17.9 Å². The summed E-state index contributed by atoms with van der Waals surface area (Å²) < 4.78 is 26.2. The molecule has 11 nitrogen and oxygen atoms in total. The van der Waals surface area contributed by atoms with Crippen LogP contribution in [0.1, 0.15) is 47.7 Å². The SMILES string of the molecule is COC(=O)[C@@H]1C[C@H](OC(=O)c2ccoc2)C(=O)[C@H]2[C@@]1(N)CC[C@H]1C(=O)O[C@H](c3ccoc3)C[C@]21N. The van der Waals surface area contributed by atoms with Crippen molar-refractivity contribution in [1.29, 1.82) is 0 Å². The molecule has 1 aliphatic heterocycles. The summed E-state index contributed by atoms with van der Waals surface area (Å²) in [5.74, 6) is -5.48. The Bertz CT molecular complexity index is 1140. The van der Waals surface area contributed by atoms with E-state index in [-0.39, 0.29) is 31.2 Å². The number of carbonyl (C=O) groups excluding carboxylic acids is 4. The molecule has 35 heavy (non-hydrogen) atoms. The Hall–Kier alpha value is -3.44. The maximum absolute atomic E-state index is 13.9. The molecule has 2 saturated carbocycles. The predicted molar refractivity (Wildman–Crippen MR) is 115 cm³/mol. The van der Waals surface area contributed by atoms with Gasteiger partial charge in [0.15, 0.2) is 11.9 Å². The number of Topliss-reactive ketones (excluding diaryl/α,β-unsaturated/α-hetero) is 1. The second-order valence-electron chi connectivity index (χ2n) is 9.56. The first-order valence-electron chi connectivity index (χ1n) is 11.3. The van der Waals surface area contributed by atoms with E-state index in [1.54, 1.807) is 6.07 Å². The van der Waals surface area contributed by atoms with Gasteiger partial charge in [0, 0.05) is 29.5 Å². The highest BCUT2D eigenvalue weighted by Crippen LogP contribution is 2.55. The fourth-order valence-electron chi connectivity index (χ4n) is 6.12. The lowest BCUT2D eigenvalue weighted by molar-refractivity contribution is -0.186. The molecule has 4 N–H and O–H groups in total. The minimum Gasteiger partial charge on any atom is -0.472 e. The van der Waals surface area contributed by atoms with Crippen molar-refractivity contribution >= 4 is 23.7 Å². The van der Waals surface area contributed by atoms with E-state index >= 15 is 0 Å². The second kappa shape index (κ2) is 8.35. The topological polar surface area (TPSA) is 174 Å². The Morgan fingerprint density at radius 3 is 2.49 bits per heavy atom. The third-order valence-corrected chi connectivity index (χ3v) is 7.78. The molecule has 1 saturated heterocycles. The molecular formula is C24H26N2O9. The summed E-state index contributed by atoms with van der Waals surface area (Å²) in [7, 11) is 1.22. The van der Waals surface area contributed by atoms with Gasteiger partial charge in [-0.3, -0.25) is 14.4 Å². The number of rotatable bonds is 4. The van der Waals surface area contributed by atoms with Crippen LogP contribution in [0, 0.1) is 17.8 Å². The zero-order chi connectivity index (χ0) is 25.0. The van der Waals surface area contributed by atoms with Crippen LogP contribution in [0.2, 0.25) is 0 Å². The van der Waals surface area contributed by atoms with Crippen LogP contribution >= 0.6 is 0 Å². The minimum absolute atomic E-state index is 0.0780. The first kappa shape index (κ1) is 23.3. The molecule has 2 aliphatic carbocycles. The van der Waals surface area contributed by atoms with E-state index in [4.69, 9.17) is 34.5 Å². The van der Waals surface area contributed by atoms with Crippen molar-refractivity contribution < 1.29 is 42.2 Å². The van der Waals surface area contributed by atoms with Gasteiger partial charge in [-0.15, -0.1) is 0 Å². The van der Waals surface area contributed by atoms with Gasteiger partial charge in [0.1, 0.15) is 12.4 Å². The molecule has 7 atom stereocenters. The number of fused-ring (bicyclic) bond motifs is 3. The zero-order valence-electron chi connectivity index (χ0n) is 19.0. The molecule has 11 heteroatoms. The van der Waals surface area contributed by atoms with Crippen molar-refractivity contribution in [1.82, 2.24) is 0 Å². The van der Waals surface area contributed by atoms with E-state index in [1.165, 1.54) is 38.2 Å². The van der Waals surface area contributed by atoms with Crippen LogP contribution in [-0.4, -0.2) is 48.0 Å². The van der Waals surface area contributed by atoms with Crippen LogP contribution in [-0.2, 0) is 28.6 Å². The second-order valence-corrected chi connectivity index (χ2v) is 9.56. The molecule has 186 valence electrons. The lowest BCUT2D eigenvalue weighted by Crippen LogP contribution is -2.78. The Kier molecular flexibility index (Phi) is 5.56. The van der Waals surface area contributed by atoms with Crippen molar-refractivity contribution in [3.8, 4) is 0 Å². The highest BCUT2D eigenvalue weighted by molar-refractivity contribution is 5.97. The molecule has 3 fully saturated rings. The average molecular weight is 486 g/mol. The van der Waals surface area contributed by atoms with Crippen LogP contribution in [0.25, 0.3) is 0 Å². The van der Waals surface area contributed by atoms with Crippen LogP contribution in [0.15, 0.2) is 46.0 Å². The van der Waals surface area contributed by atoms with E-state index in [9.17, 15) is 19.2 Å². The molecule has 0 radical (unpaired) electrons. The summed E-state index contributed by atoms with van der Waals surface area (Å²) in [6.45, 7) is 0. The van der Waals surface area contributed by atoms with Crippen molar-refractivity contribution in [2.45, 2.75) is 49.0 Å². The maximum Gasteiger partial charge on any atom is 0.342 e. The number of methoxy groups -OCH3 is 1. The van der Waals surface area contributed by atoms with Crippen LogP contribution in [0.5, 0.6) is 0 Å². The zero-order valence-corrected chi connectivity index (χ0v) is 19.0. The van der Waals surface area contributed by atoms with Gasteiger partial charge in [0.2, 0.25) is 0 Å². The lowest BCUT2D eigenvalue weighted by Gasteiger charge is -2.60. The average Bonchev–Trinajstić information content (AvgIpc) is 3.54. The number of nitrogens with two attached hydrogens (primary N) is 2. The van der Waals surface area contributed by atoms with Crippen molar-refractivity contribution in [2.24, 2.45) is 29.2 Å². The maximum atomic E-state index is 13.9. The minimum atomic E-state index is -1.45. The van der Waals surface area contributed by atoms with Gasteiger partial charge in [0.05, 0.1) is 49.2 Å². The molecule has 3 heterocycles. The number of furan rings is 2. The van der Waals surface area contributed by atoms with E-state index in [1.807, 2.05) is 0 Å². The third-order valence-electron chi connectivity index (χ3n) is 7.78. The molecule has 3 aliphatic rings. The number of cyclic esters (lactones) is 1. The first-order chi connectivity index (χ1) is 16.7. The molecular weight excluding hydrogens is 460 g/mol. The number of esters is 3. The summed E-state index contributed by atoms with van der Waals surface area (Å²) in [6.07, 6.45) is 3.62. The molecule has 2 aromatic heterocycles. The lowest BCUT2D eigenvalue weighted by atomic mass is 9.48.